The van der Waals surface area contributed by atoms with Crippen molar-refractivity contribution < 1.29 is 0 Å². The summed E-state index contributed by atoms with van der Waals surface area (Å²) >= 11 is 0. The number of nitrogens with one attached hydrogen (secondary N) is 1. The molecule has 14 heavy (non-hydrogen) atoms. The van der Waals surface area contributed by atoms with E-state index in [4.69, 9.17) is 0 Å². The number of nitrogens with zero attached hydrogens (tertiary/aromatic N) is 2. The number of aromatic amines is 1. The number of aromatic nitrogens is 2. The van der Waals surface area contributed by atoms with E-state index in [1.807, 2.05) is 6.20 Å². The number of hydrogen-bond acceptors (Lipinski definition) is 2. The molecule has 0 saturated carbocycles. The highest BCUT2D eigenvalue weighted by atomic mass is 15.3. The van der Waals surface area contributed by atoms with E-state index in [2.05, 4.69) is 28.9 Å². The van der Waals surface area contributed by atoms with Crippen molar-refractivity contribution in [3.8, 4) is 0 Å². The van der Waals surface area contributed by atoms with E-state index in [1.165, 1.54) is 30.5 Å². The van der Waals surface area contributed by atoms with Crippen LogP contribution in [0.4, 0.5) is 0 Å². The Bertz CT molecular complexity index is 342. The molecule has 0 radical (unpaired) electrons. The van der Waals surface area contributed by atoms with E-state index in [0.717, 1.165) is 6.04 Å². The molecule has 2 unspecified atom stereocenters. The van der Waals surface area contributed by atoms with Gasteiger partial charge in [-0.25, -0.2) is 0 Å². The highest BCUT2D eigenvalue weighted by Crippen LogP contribution is 2.43. The molecule has 3 heteroatoms. The predicted molar refractivity (Wildman–Crippen MR) is 55.0 cm³/mol. The molecule has 0 spiro atoms. The zero-order valence-corrected chi connectivity index (χ0v) is 8.83. The fourth-order valence-electron chi connectivity index (χ4n) is 3.22. The van der Waals surface area contributed by atoms with E-state index in [0.29, 0.717) is 12.1 Å². The average Bonchev–Trinajstić information content (AvgIpc) is 2.71. The highest BCUT2D eigenvalue weighted by molar-refractivity contribution is 5.28. The van der Waals surface area contributed by atoms with Crippen molar-refractivity contribution in [2.45, 2.75) is 51.2 Å². The molecule has 1 aromatic rings. The van der Waals surface area contributed by atoms with Gasteiger partial charge >= 0.3 is 0 Å². The molecular formula is C11H17N3. The minimum absolute atomic E-state index is 0.641. The van der Waals surface area contributed by atoms with Gasteiger partial charge in [0, 0.05) is 35.8 Å². The summed E-state index contributed by atoms with van der Waals surface area (Å²) in [5.74, 6) is 0. The van der Waals surface area contributed by atoms with Crippen LogP contribution < -0.4 is 0 Å². The van der Waals surface area contributed by atoms with E-state index in [1.54, 1.807) is 0 Å². The number of rotatable bonds is 1. The predicted octanol–water partition coefficient (Wildman–Crippen LogP) is 1.88. The van der Waals surface area contributed by atoms with Crippen LogP contribution in [0.3, 0.4) is 0 Å². The molecule has 3 rings (SSSR count). The van der Waals surface area contributed by atoms with Gasteiger partial charge in [0.2, 0.25) is 0 Å². The molecular weight excluding hydrogens is 174 g/mol. The third kappa shape index (κ3) is 0.989. The van der Waals surface area contributed by atoms with Crippen molar-refractivity contribution in [3.63, 3.8) is 0 Å². The summed E-state index contributed by atoms with van der Waals surface area (Å²) in [4.78, 5) is 2.66. The molecule has 1 N–H and O–H groups in total. The Morgan fingerprint density at radius 2 is 2.36 bits per heavy atom. The van der Waals surface area contributed by atoms with Gasteiger partial charge < -0.3 is 0 Å². The summed E-state index contributed by atoms with van der Waals surface area (Å²) in [5.41, 5.74) is 2.84. The van der Waals surface area contributed by atoms with Crippen LogP contribution >= 0.6 is 0 Å². The van der Waals surface area contributed by atoms with Crippen LogP contribution in [0.15, 0.2) is 6.20 Å². The summed E-state index contributed by atoms with van der Waals surface area (Å²) in [6.07, 6.45) is 5.86. The lowest BCUT2D eigenvalue weighted by Crippen LogP contribution is -2.41. The first kappa shape index (κ1) is 8.48. The third-order valence-corrected chi connectivity index (χ3v) is 3.70. The van der Waals surface area contributed by atoms with E-state index in [9.17, 15) is 0 Å². The minimum Gasteiger partial charge on any atom is -0.290 e. The van der Waals surface area contributed by atoms with Gasteiger partial charge in [-0.15, -0.1) is 0 Å². The Balaban J connectivity index is 2.03. The average molecular weight is 191 g/mol. The van der Waals surface area contributed by atoms with Crippen LogP contribution in [0.2, 0.25) is 0 Å². The van der Waals surface area contributed by atoms with Gasteiger partial charge in [-0.3, -0.25) is 10.00 Å². The molecule has 2 bridgehead atoms. The van der Waals surface area contributed by atoms with Crippen LogP contribution in [0.25, 0.3) is 0 Å². The van der Waals surface area contributed by atoms with Crippen molar-refractivity contribution in [2.24, 2.45) is 0 Å². The second kappa shape index (κ2) is 2.83. The zero-order chi connectivity index (χ0) is 9.71. The van der Waals surface area contributed by atoms with Crippen molar-refractivity contribution in [3.05, 3.63) is 17.5 Å². The molecule has 0 aromatic carbocycles. The van der Waals surface area contributed by atoms with E-state index < -0.39 is 0 Å². The number of hydrogen-bond donors (Lipinski definition) is 1. The monoisotopic (exact) mass is 191 g/mol. The Labute approximate surface area is 84.5 Å². The lowest BCUT2D eigenvalue weighted by molar-refractivity contribution is 0.134. The Morgan fingerprint density at radius 1 is 1.50 bits per heavy atom. The SMILES string of the molecule is CC(C)N1C2CCC1c1cn[nH]c1C2. The summed E-state index contributed by atoms with van der Waals surface area (Å²) in [7, 11) is 0. The van der Waals surface area contributed by atoms with Gasteiger partial charge in [-0.05, 0) is 26.7 Å². The van der Waals surface area contributed by atoms with Gasteiger partial charge in [-0.2, -0.15) is 5.10 Å². The molecule has 2 atom stereocenters. The summed E-state index contributed by atoms with van der Waals surface area (Å²) in [5, 5.41) is 7.31. The lowest BCUT2D eigenvalue weighted by Gasteiger charge is -2.37. The van der Waals surface area contributed by atoms with Gasteiger partial charge in [0.25, 0.3) is 0 Å². The fourth-order valence-corrected chi connectivity index (χ4v) is 3.22. The van der Waals surface area contributed by atoms with Crippen LogP contribution in [-0.4, -0.2) is 27.2 Å². The topological polar surface area (TPSA) is 31.9 Å². The standard InChI is InChI=1S/C11H17N3/c1-7(2)14-8-3-4-11(14)9-6-12-13-10(9)5-8/h6-8,11H,3-5H2,1-2H3,(H,12,13). The smallest absolute Gasteiger partial charge is 0.0538 e. The lowest BCUT2D eigenvalue weighted by atomic mass is 9.99. The van der Waals surface area contributed by atoms with Gasteiger partial charge in [0.05, 0.1) is 6.20 Å². The normalized spacial score (nSPS) is 31.1. The van der Waals surface area contributed by atoms with Gasteiger partial charge in [0.15, 0.2) is 0 Å². The largest absolute Gasteiger partial charge is 0.290 e. The van der Waals surface area contributed by atoms with Crippen LogP contribution in [0.5, 0.6) is 0 Å². The molecule has 2 aliphatic rings. The number of fused-ring (bicyclic) bond motifs is 4. The summed E-state index contributed by atoms with van der Waals surface area (Å²) in [6.45, 7) is 4.60. The second-order valence-electron chi connectivity index (χ2n) is 4.80. The van der Waals surface area contributed by atoms with E-state index in [-0.39, 0.29) is 0 Å². The second-order valence-corrected chi connectivity index (χ2v) is 4.80. The number of H-pyrrole nitrogens is 1. The fraction of sp³-hybridized carbons (Fsp3) is 0.727. The maximum Gasteiger partial charge on any atom is 0.0538 e. The molecule has 1 aromatic heterocycles. The molecule has 76 valence electrons. The maximum absolute atomic E-state index is 4.16. The highest BCUT2D eigenvalue weighted by Gasteiger charge is 2.41. The first-order chi connectivity index (χ1) is 6.77. The molecule has 0 aliphatic carbocycles. The molecule has 0 amide bonds. The third-order valence-electron chi connectivity index (χ3n) is 3.70. The first-order valence-electron chi connectivity index (χ1n) is 5.57. The molecule has 3 heterocycles. The molecule has 1 fully saturated rings. The summed E-state index contributed by atoms with van der Waals surface area (Å²) in [6, 6.07) is 2.06. The van der Waals surface area contributed by atoms with Crippen LogP contribution in [0.1, 0.15) is 44.0 Å². The molecule has 3 nitrogen and oxygen atoms in total. The summed E-state index contributed by atoms with van der Waals surface area (Å²) < 4.78 is 0. The first-order valence-corrected chi connectivity index (χ1v) is 5.57. The molecule has 1 saturated heterocycles. The van der Waals surface area contributed by atoms with Crippen molar-refractivity contribution in [1.82, 2.24) is 15.1 Å². The zero-order valence-electron chi connectivity index (χ0n) is 8.83. The van der Waals surface area contributed by atoms with Crippen molar-refractivity contribution in [2.75, 3.05) is 0 Å². The van der Waals surface area contributed by atoms with Crippen molar-refractivity contribution in [1.29, 1.82) is 0 Å². The van der Waals surface area contributed by atoms with Crippen molar-refractivity contribution >= 4 is 0 Å². The van der Waals surface area contributed by atoms with Gasteiger partial charge in [-0.1, -0.05) is 0 Å². The molecule has 2 aliphatic heterocycles. The van der Waals surface area contributed by atoms with Gasteiger partial charge in [0.1, 0.15) is 0 Å². The quantitative estimate of drug-likeness (QED) is 0.735. The van der Waals surface area contributed by atoms with E-state index >= 15 is 0 Å². The minimum atomic E-state index is 0.641. The van der Waals surface area contributed by atoms with Crippen LogP contribution in [-0.2, 0) is 6.42 Å². The van der Waals surface area contributed by atoms with Crippen LogP contribution in [0, 0.1) is 0 Å². The Hall–Kier alpha value is -0.830. The Kier molecular flexibility index (Phi) is 1.71. The maximum atomic E-state index is 4.16. The Morgan fingerprint density at radius 3 is 3.14 bits per heavy atom.